The minimum Gasteiger partial charge on any atom is -0.366 e. The van der Waals surface area contributed by atoms with Gasteiger partial charge in [0.15, 0.2) is 17.5 Å². The average Bonchev–Trinajstić information content (AvgIpc) is 2.87. The number of fused-ring (bicyclic) bond motifs is 1. The van der Waals surface area contributed by atoms with Crippen LogP contribution in [0.4, 0.5) is 26.2 Å². The summed E-state index contributed by atoms with van der Waals surface area (Å²) in [6.07, 6.45) is 12.2. The van der Waals surface area contributed by atoms with E-state index in [0.29, 0.717) is 22.8 Å². The van der Waals surface area contributed by atoms with Crippen LogP contribution in [0.1, 0.15) is 18.9 Å². The summed E-state index contributed by atoms with van der Waals surface area (Å²) in [6, 6.07) is 5.67. The zero-order valence-corrected chi connectivity index (χ0v) is 20.0. The molecule has 0 amide bonds. The van der Waals surface area contributed by atoms with Gasteiger partial charge in [0.2, 0.25) is 5.95 Å². The normalized spacial score (nSPS) is 18.8. The summed E-state index contributed by atoms with van der Waals surface area (Å²) >= 11 is 0. The Balaban J connectivity index is 1.42. The number of allylic oxidation sites excluding steroid dienone is 4. The Labute approximate surface area is 212 Å². The van der Waals surface area contributed by atoms with Crippen LogP contribution in [-0.2, 0) is 0 Å². The Bertz CT molecular complexity index is 1550. The molecule has 37 heavy (non-hydrogen) atoms. The minimum atomic E-state index is -0.791. The van der Waals surface area contributed by atoms with E-state index in [1.54, 1.807) is 24.5 Å². The summed E-state index contributed by atoms with van der Waals surface area (Å²) in [5.41, 5.74) is 3.42. The van der Waals surface area contributed by atoms with E-state index in [1.807, 2.05) is 24.4 Å². The molecule has 2 aliphatic rings. The molecular weight excluding hydrogens is 474 g/mol. The molecule has 0 aromatic carbocycles. The van der Waals surface area contributed by atoms with Crippen molar-refractivity contribution in [2.24, 2.45) is 5.92 Å². The molecule has 1 aliphatic heterocycles. The quantitative estimate of drug-likeness (QED) is 0.324. The zero-order chi connectivity index (χ0) is 25.4. The number of rotatable bonds is 6. The maximum Gasteiger partial charge on any atom is 0.214 e. The first-order valence-electron chi connectivity index (χ1n) is 12.1. The molecule has 10 heteroatoms. The molecule has 8 nitrogen and oxygen atoms in total. The third kappa shape index (κ3) is 4.63. The maximum atomic E-state index is 14.1. The van der Waals surface area contributed by atoms with Crippen LogP contribution in [0.5, 0.6) is 0 Å². The number of hydrogen-bond acceptors (Lipinski definition) is 8. The average molecular weight is 499 g/mol. The number of hydrogen-bond donors (Lipinski definition) is 3. The fraction of sp³-hybridized carbons (Fsp3) is 0.222. The largest absolute Gasteiger partial charge is 0.366 e. The highest BCUT2D eigenvalue weighted by Gasteiger charge is 2.24. The van der Waals surface area contributed by atoms with Crippen molar-refractivity contribution in [2.45, 2.75) is 19.4 Å². The lowest BCUT2D eigenvalue weighted by Gasteiger charge is -2.31. The summed E-state index contributed by atoms with van der Waals surface area (Å²) in [5.74, 6) is 0.184. The number of nitrogens with zero attached hydrogens (tertiary/aromatic N) is 5. The lowest BCUT2D eigenvalue weighted by molar-refractivity contribution is 0.368. The van der Waals surface area contributed by atoms with Gasteiger partial charge in [-0.3, -0.25) is 4.98 Å². The predicted molar refractivity (Wildman–Crippen MR) is 139 cm³/mol. The second-order valence-electron chi connectivity index (χ2n) is 9.20. The monoisotopic (exact) mass is 498 g/mol. The van der Waals surface area contributed by atoms with Crippen molar-refractivity contribution in [3.63, 3.8) is 0 Å². The van der Waals surface area contributed by atoms with Crippen molar-refractivity contribution in [1.82, 2.24) is 30.2 Å². The molecule has 1 saturated heterocycles. The van der Waals surface area contributed by atoms with Crippen molar-refractivity contribution < 1.29 is 8.78 Å². The van der Waals surface area contributed by atoms with Gasteiger partial charge in [-0.05, 0) is 55.3 Å². The number of piperidine rings is 1. The van der Waals surface area contributed by atoms with Gasteiger partial charge in [0.25, 0.3) is 0 Å². The fourth-order valence-corrected chi connectivity index (χ4v) is 4.58. The molecule has 6 rings (SSSR count). The van der Waals surface area contributed by atoms with Crippen molar-refractivity contribution >= 4 is 33.9 Å². The van der Waals surface area contributed by atoms with Gasteiger partial charge in [0, 0.05) is 29.6 Å². The zero-order valence-electron chi connectivity index (χ0n) is 20.0. The van der Waals surface area contributed by atoms with E-state index in [-0.39, 0.29) is 17.7 Å². The molecule has 4 aromatic rings. The second-order valence-corrected chi connectivity index (χ2v) is 9.20. The van der Waals surface area contributed by atoms with Crippen molar-refractivity contribution in [3.8, 4) is 11.4 Å². The number of aromatic nitrogens is 5. The molecule has 4 aromatic heterocycles. The lowest BCUT2D eigenvalue weighted by atomic mass is 9.94. The van der Waals surface area contributed by atoms with Gasteiger partial charge in [-0.15, -0.1) is 0 Å². The van der Waals surface area contributed by atoms with E-state index in [0.717, 1.165) is 54.0 Å². The Kier molecular flexibility index (Phi) is 6.01. The summed E-state index contributed by atoms with van der Waals surface area (Å²) in [7, 11) is 0. The van der Waals surface area contributed by atoms with Gasteiger partial charge in [-0.25, -0.2) is 19.3 Å². The third-order valence-corrected chi connectivity index (χ3v) is 6.65. The van der Waals surface area contributed by atoms with E-state index >= 15 is 0 Å². The minimum absolute atomic E-state index is 0.246. The molecule has 3 N–H and O–H groups in total. The maximum absolute atomic E-state index is 14.1. The number of nitrogens with one attached hydrogen (secondary N) is 3. The van der Waals surface area contributed by atoms with Gasteiger partial charge < -0.3 is 16.0 Å². The second kappa shape index (κ2) is 9.62. The van der Waals surface area contributed by atoms with Gasteiger partial charge >= 0.3 is 0 Å². The number of anilines is 3. The third-order valence-electron chi connectivity index (χ3n) is 6.65. The van der Waals surface area contributed by atoms with Crippen molar-refractivity contribution in [2.75, 3.05) is 23.7 Å². The van der Waals surface area contributed by atoms with Gasteiger partial charge in [0.1, 0.15) is 11.6 Å². The highest BCUT2D eigenvalue weighted by molar-refractivity contribution is 6.02. The summed E-state index contributed by atoms with van der Waals surface area (Å²) < 4.78 is 27.7. The van der Waals surface area contributed by atoms with Crippen LogP contribution >= 0.6 is 0 Å². The van der Waals surface area contributed by atoms with Crippen LogP contribution in [0.3, 0.4) is 0 Å². The number of pyridine rings is 3. The molecule has 1 fully saturated rings. The van der Waals surface area contributed by atoms with Crippen LogP contribution in [0, 0.1) is 17.7 Å². The van der Waals surface area contributed by atoms with Crippen LogP contribution in [0.15, 0.2) is 61.1 Å². The SMILES string of the molecule is C[C@@H]1CNCC[C@@H]1Nc1nc(-c2ccnc(Nc3nc(F)ccc3F)c2)nc2cncc(C3=CC=C3)c12. The van der Waals surface area contributed by atoms with Crippen LogP contribution < -0.4 is 16.0 Å². The van der Waals surface area contributed by atoms with E-state index in [9.17, 15) is 8.78 Å². The summed E-state index contributed by atoms with van der Waals surface area (Å²) in [4.78, 5) is 22.0. The smallest absolute Gasteiger partial charge is 0.214 e. The Hall–Kier alpha value is -4.31. The van der Waals surface area contributed by atoms with Crippen LogP contribution in [0.2, 0.25) is 0 Å². The standard InChI is InChI=1S/C27H24F2N8/c1-15-12-30-9-8-20(15)33-27-24-18(16-3-2-4-16)13-31-14-21(24)34-25(37-27)17-7-10-32-23(11-17)36-26-19(28)5-6-22(29)35-26/h2-7,10-11,13-15,20,30H,8-9,12H2,1H3,(H,32,35,36)(H,33,34,37)/t15-,20+/m1/s1. The lowest BCUT2D eigenvalue weighted by Crippen LogP contribution is -2.42. The first-order chi connectivity index (χ1) is 18.0. The first-order valence-corrected chi connectivity index (χ1v) is 12.1. The van der Waals surface area contributed by atoms with E-state index < -0.39 is 11.8 Å². The molecule has 186 valence electrons. The fourth-order valence-electron chi connectivity index (χ4n) is 4.58. The molecular formula is C27H24F2N8. The van der Waals surface area contributed by atoms with Gasteiger partial charge in [-0.1, -0.05) is 25.2 Å². The highest BCUT2D eigenvalue weighted by atomic mass is 19.1. The Morgan fingerprint density at radius 2 is 1.95 bits per heavy atom. The van der Waals surface area contributed by atoms with Crippen molar-refractivity contribution in [1.29, 1.82) is 0 Å². The molecule has 5 heterocycles. The molecule has 0 radical (unpaired) electrons. The van der Waals surface area contributed by atoms with E-state index in [2.05, 4.69) is 37.8 Å². The van der Waals surface area contributed by atoms with Crippen LogP contribution in [-0.4, -0.2) is 44.1 Å². The first kappa shape index (κ1) is 23.1. The Morgan fingerprint density at radius 1 is 1.05 bits per heavy atom. The van der Waals surface area contributed by atoms with Gasteiger partial charge in [0.05, 0.1) is 17.1 Å². The van der Waals surface area contributed by atoms with E-state index in [4.69, 9.17) is 9.97 Å². The predicted octanol–water partition coefficient (Wildman–Crippen LogP) is 4.87. The summed E-state index contributed by atoms with van der Waals surface area (Å²) in [6.45, 7) is 4.08. The van der Waals surface area contributed by atoms with Crippen LogP contribution in [0.25, 0.3) is 27.9 Å². The van der Waals surface area contributed by atoms with Crippen molar-refractivity contribution in [3.05, 3.63) is 78.4 Å². The molecule has 0 unspecified atom stereocenters. The molecule has 0 spiro atoms. The molecule has 0 bridgehead atoms. The molecule has 0 saturated carbocycles. The molecule has 1 aliphatic carbocycles. The topological polar surface area (TPSA) is 101 Å². The van der Waals surface area contributed by atoms with E-state index in [1.165, 1.54) is 0 Å². The Morgan fingerprint density at radius 3 is 2.76 bits per heavy atom. The summed E-state index contributed by atoms with van der Waals surface area (Å²) in [5, 5.41) is 10.8. The number of halogens is 2. The molecule has 2 atom stereocenters. The van der Waals surface area contributed by atoms with Gasteiger partial charge in [-0.2, -0.15) is 9.37 Å². The highest BCUT2D eigenvalue weighted by Crippen LogP contribution is 2.34.